The van der Waals surface area contributed by atoms with Crippen LogP contribution in [0.25, 0.3) is 0 Å². The van der Waals surface area contributed by atoms with E-state index >= 15 is 0 Å². The Morgan fingerprint density at radius 1 is 1.33 bits per heavy atom. The molecule has 0 amide bonds. The topological polar surface area (TPSA) is 75.6 Å². The van der Waals surface area contributed by atoms with E-state index in [4.69, 9.17) is 9.29 Å². The number of benzene rings is 1. The van der Waals surface area contributed by atoms with Crippen molar-refractivity contribution in [3.63, 3.8) is 0 Å². The highest BCUT2D eigenvalue weighted by Crippen LogP contribution is 2.29. The molecule has 1 atom stereocenters. The molecule has 0 heterocycles. The molecule has 0 radical (unpaired) electrons. The maximum absolute atomic E-state index is 10.7. The van der Waals surface area contributed by atoms with E-state index in [-0.39, 0.29) is 17.4 Å². The first kappa shape index (κ1) is 18.8. The Morgan fingerprint density at radius 3 is 2.38 bits per heavy atom. The maximum Gasteiger partial charge on any atom is 0.264 e. The lowest BCUT2D eigenvalue weighted by atomic mass is 9.91. The molecule has 0 aromatic heterocycles. The zero-order valence-corrected chi connectivity index (χ0v) is 15.4. The van der Waals surface area contributed by atoms with Gasteiger partial charge < -0.3 is 10.1 Å². The average Bonchev–Trinajstić information content (AvgIpc) is 2.36. The van der Waals surface area contributed by atoms with Crippen molar-refractivity contribution < 1.29 is 17.7 Å². The second kappa shape index (κ2) is 7.87. The first-order valence-electron chi connectivity index (χ1n) is 6.64. The largest absolute Gasteiger partial charge is 0.375 e. The molecule has 0 spiro atoms. The van der Waals surface area contributed by atoms with Crippen LogP contribution in [0.4, 0.5) is 0 Å². The average molecular weight is 427 g/mol. The summed E-state index contributed by atoms with van der Waals surface area (Å²) in [6.45, 7) is 4.50. The van der Waals surface area contributed by atoms with E-state index < -0.39 is 10.1 Å². The van der Waals surface area contributed by atoms with Crippen LogP contribution in [-0.4, -0.2) is 37.9 Å². The summed E-state index contributed by atoms with van der Waals surface area (Å²) in [6.07, 6.45) is 0.200. The fourth-order valence-electron chi connectivity index (χ4n) is 2.24. The monoisotopic (exact) mass is 427 g/mol. The van der Waals surface area contributed by atoms with E-state index in [1.165, 1.54) is 0 Å². The predicted octanol–water partition coefficient (Wildman–Crippen LogP) is 2.62. The van der Waals surface area contributed by atoms with Crippen LogP contribution in [0, 0.1) is 3.57 Å². The summed E-state index contributed by atoms with van der Waals surface area (Å²) < 4.78 is 36.9. The molecule has 120 valence electrons. The molecule has 7 heteroatoms. The van der Waals surface area contributed by atoms with Crippen LogP contribution >= 0.6 is 22.6 Å². The first-order valence-corrected chi connectivity index (χ1v) is 9.33. The molecule has 0 saturated carbocycles. The van der Waals surface area contributed by atoms with Gasteiger partial charge in [0.05, 0.1) is 11.9 Å². The van der Waals surface area contributed by atoms with Gasteiger partial charge in [0.15, 0.2) is 0 Å². The fourth-order valence-corrected chi connectivity index (χ4v) is 3.11. The lowest BCUT2D eigenvalue weighted by Gasteiger charge is -2.35. The van der Waals surface area contributed by atoms with Gasteiger partial charge in [0.25, 0.3) is 10.1 Å². The smallest absolute Gasteiger partial charge is 0.264 e. The number of methoxy groups -OCH3 is 1. The molecular formula is C14H22INO4S. The highest BCUT2D eigenvalue weighted by atomic mass is 127. The maximum atomic E-state index is 10.7. The van der Waals surface area contributed by atoms with E-state index in [0.29, 0.717) is 13.0 Å². The van der Waals surface area contributed by atoms with Crippen molar-refractivity contribution in [3.8, 4) is 0 Å². The summed E-state index contributed by atoms with van der Waals surface area (Å²) in [5, 5.41) is 3.29. The number of halogens is 1. The molecule has 0 bridgehead atoms. The zero-order valence-electron chi connectivity index (χ0n) is 12.5. The fraction of sp³-hybridized carbons (Fsp3) is 0.571. The van der Waals surface area contributed by atoms with Gasteiger partial charge in [-0.1, -0.05) is 12.1 Å². The van der Waals surface area contributed by atoms with Gasteiger partial charge in [-0.15, -0.1) is 0 Å². The van der Waals surface area contributed by atoms with Gasteiger partial charge in [0.1, 0.15) is 0 Å². The van der Waals surface area contributed by atoms with Crippen molar-refractivity contribution in [1.29, 1.82) is 0 Å². The molecule has 21 heavy (non-hydrogen) atoms. The van der Waals surface area contributed by atoms with Gasteiger partial charge >= 0.3 is 0 Å². The molecule has 2 N–H and O–H groups in total. The van der Waals surface area contributed by atoms with E-state index in [2.05, 4.69) is 27.9 Å². The summed E-state index contributed by atoms with van der Waals surface area (Å²) in [4.78, 5) is 0. The minimum Gasteiger partial charge on any atom is -0.375 e. The number of hydrogen-bond acceptors (Lipinski definition) is 4. The van der Waals surface area contributed by atoms with Gasteiger partial charge in [-0.2, -0.15) is 8.42 Å². The molecule has 1 aromatic rings. The minimum absolute atomic E-state index is 0.153. The van der Waals surface area contributed by atoms with Crippen LogP contribution in [-0.2, 0) is 14.9 Å². The second-order valence-electron chi connectivity index (χ2n) is 5.46. The van der Waals surface area contributed by atoms with E-state index in [9.17, 15) is 8.42 Å². The van der Waals surface area contributed by atoms with E-state index in [0.717, 1.165) is 9.13 Å². The van der Waals surface area contributed by atoms with Crippen molar-refractivity contribution in [2.45, 2.75) is 31.9 Å². The number of rotatable bonds is 8. The molecule has 0 aliphatic rings. The minimum atomic E-state index is -3.90. The lowest BCUT2D eigenvalue weighted by molar-refractivity contribution is 0.0314. The zero-order chi connectivity index (χ0) is 16.1. The Balaban J connectivity index is 2.67. The summed E-state index contributed by atoms with van der Waals surface area (Å²) in [6, 6.07) is 8.10. The Morgan fingerprint density at radius 2 is 1.90 bits per heavy atom. The molecular weight excluding hydrogens is 405 g/mol. The van der Waals surface area contributed by atoms with E-state index in [1.54, 1.807) is 7.11 Å². The van der Waals surface area contributed by atoms with Crippen molar-refractivity contribution >= 4 is 32.7 Å². The molecule has 1 aromatic carbocycles. The van der Waals surface area contributed by atoms with Crippen LogP contribution in [0.1, 0.15) is 31.9 Å². The first-order chi connectivity index (χ1) is 9.65. The quantitative estimate of drug-likeness (QED) is 0.379. The van der Waals surface area contributed by atoms with Crippen molar-refractivity contribution in [3.05, 3.63) is 33.4 Å². The number of ether oxygens (including phenoxy) is 1. The highest BCUT2D eigenvalue weighted by molar-refractivity contribution is 14.1. The summed E-state index contributed by atoms with van der Waals surface area (Å²) >= 11 is 2.25. The molecule has 1 unspecified atom stereocenters. The third-order valence-electron chi connectivity index (χ3n) is 3.22. The molecule has 0 saturated heterocycles. The Kier molecular flexibility index (Phi) is 7.05. The number of nitrogens with one attached hydrogen (secondary N) is 1. The number of hydrogen-bond donors (Lipinski definition) is 2. The standard InChI is InChI=1S/C14H22INO4S/c1-14(2,16-9-4-10-21(17,18)19)13(20-3)11-5-7-12(15)8-6-11/h5-8,13,16H,4,9-10H2,1-3H3,(H,17,18,19). The van der Waals surface area contributed by atoms with Gasteiger partial charge in [-0.05, 0) is 67.1 Å². The predicted molar refractivity (Wildman–Crippen MR) is 92.0 cm³/mol. The summed E-state index contributed by atoms with van der Waals surface area (Å²) in [5.74, 6) is -0.239. The van der Waals surface area contributed by atoms with Gasteiger partial charge in [-0.25, -0.2) is 0 Å². The highest BCUT2D eigenvalue weighted by Gasteiger charge is 2.30. The summed E-state index contributed by atoms with van der Waals surface area (Å²) in [7, 11) is -2.24. The normalized spacial score (nSPS) is 14.1. The molecule has 5 nitrogen and oxygen atoms in total. The summed E-state index contributed by atoms with van der Waals surface area (Å²) in [5.41, 5.74) is 0.700. The van der Waals surface area contributed by atoms with Crippen LogP contribution in [0.2, 0.25) is 0 Å². The van der Waals surface area contributed by atoms with Gasteiger partial charge in [-0.3, -0.25) is 4.55 Å². The SMILES string of the molecule is COC(c1ccc(I)cc1)C(C)(C)NCCCS(=O)(=O)O. The third-order valence-corrected chi connectivity index (χ3v) is 4.75. The second-order valence-corrected chi connectivity index (χ2v) is 8.27. The van der Waals surface area contributed by atoms with Crippen LogP contribution < -0.4 is 5.32 Å². The van der Waals surface area contributed by atoms with Crippen LogP contribution in [0.15, 0.2) is 24.3 Å². The third kappa shape index (κ3) is 6.60. The molecule has 0 aliphatic carbocycles. The lowest BCUT2D eigenvalue weighted by Crippen LogP contribution is -2.46. The van der Waals surface area contributed by atoms with Crippen LogP contribution in [0.5, 0.6) is 0 Å². The Hall–Kier alpha value is -0.220. The molecule has 1 rings (SSSR count). The van der Waals surface area contributed by atoms with E-state index in [1.807, 2.05) is 38.1 Å². The molecule has 0 fully saturated rings. The van der Waals surface area contributed by atoms with Crippen molar-refractivity contribution in [1.82, 2.24) is 5.32 Å². The Bertz CT molecular complexity index is 543. The molecule has 0 aliphatic heterocycles. The van der Waals surface area contributed by atoms with Gasteiger partial charge in [0.2, 0.25) is 0 Å². The Labute approximate surface area is 140 Å². The van der Waals surface area contributed by atoms with Crippen molar-refractivity contribution in [2.24, 2.45) is 0 Å². The van der Waals surface area contributed by atoms with Crippen LogP contribution in [0.3, 0.4) is 0 Å². The van der Waals surface area contributed by atoms with Gasteiger partial charge in [0, 0.05) is 16.2 Å². The van der Waals surface area contributed by atoms with Crippen molar-refractivity contribution in [2.75, 3.05) is 19.4 Å².